The Bertz CT molecular complexity index is 685. The maximum atomic E-state index is 13.0. The Morgan fingerprint density at radius 1 is 1.48 bits per heavy atom. The van der Waals surface area contributed by atoms with E-state index in [4.69, 9.17) is 0 Å². The highest BCUT2D eigenvalue weighted by Gasteiger charge is 2.31. The molecule has 2 heterocycles. The Labute approximate surface area is 150 Å². The minimum Gasteiger partial charge on any atom is -0.331 e. The Morgan fingerprint density at radius 2 is 2.29 bits per heavy atom. The van der Waals surface area contributed by atoms with E-state index in [1.807, 2.05) is 34.4 Å². The number of hydrogen-bond acceptors (Lipinski definition) is 2. The van der Waals surface area contributed by atoms with Gasteiger partial charge in [0.2, 0.25) is 0 Å². The number of amides is 1. The van der Waals surface area contributed by atoms with Gasteiger partial charge in [-0.05, 0) is 86.6 Å². The summed E-state index contributed by atoms with van der Waals surface area (Å²) in [4.78, 5) is 16.4. The summed E-state index contributed by atoms with van der Waals surface area (Å²) in [6.45, 7) is 2.96. The lowest BCUT2D eigenvalue weighted by Crippen LogP contribution is -2.39. The second-order valence-electron chi connectivity index (χ2n) is 5.10. The maximum absolute atomic E-state index is 13.0. The Balaban J connectivity index is 1.96. The molecule has 5 heteroatoms. The van der Waals surface area contributed by atoms with Gasteiger partial charge in [-0.25, -0.2) is 0 Å². The van der Waals surface area contributed by atoms with Crippen LogP contribution in [0.2, 0.25) is 0 Å². The molecule has 0 spiro atoms. The van der Waals surface area contributed by atoms with Gasteiger partial charge in [0, 0.05) is 19.5 Å². The van der Waals surface area contributed by atoms with E-state index in [1.54, 1.807) is 0 Å². The van der Waals surface area contributed by atoms with Crippen LogP contribution in [0.1, 0.15) is 40.2 Å². The number of carbonyl (C=O) groups excluding carboxylic acids is 1. The van der Waals surface area contributed by atoms with Crippen molar-refractivity contribution >= 4 is 55.8 Å². The fraction of sp³-hybridized carbons (Fsp3) is 0.312. The molecule has 1 aromatic carbocycles. The van der Waals surface area contributed by atoms with Gasteiger partial charge >= 0.3 is 0 Å². The smallest absolute Gasteiger partial charge is 0.255 e. The lowest BCUT2D eigenvalue weighted by molar-refractivity contribution is 0.0656. The molecule has 1 atom stereocenters. The third-order valence-corrected chi connectivity index (χ3v) is 6.26. The van der Waals surface area contributed by atoms with Crippen LogP contribution in [0.25, 0.3) is 0 Å². The lowest BCUT2D eigenvalue weighted by Gasteiger charge is -2.35. The molecule has 1 amide bonds. The predicted molar refractivity (Wildman–Crippen MR) is 99.0 cm³/mol. The SMILES string of the molecule is CCC1c2ccsc2CCN1C(=O)c1cc(I)ccc1Br. The number of benzene rings is 1. The van der Waals surface area contributed by atoms with Gasteiger partial charge in [0.05, 0.1) is 11.6 Å². The van der Waals surface area contributed by atoms with Gasteiger partial charge in [-0.1, -0.05) is 6.92 Å². The molecule has 0 saturated heterocycles. The quantitative estimate of drug-likeness (QED) is 0.542. The summed E-state index contributed by atoms with van der Waals surface area (Å²) in [6, 6.07) is 8.31. The van der Waals surface area contributed by atoms with Gasteiger partial charge in [-0.3, -0.25) is 4.79 Å². The Morgan fingerprint density at radius 3 is 3.05 bits per heavy atom. The summed E-state index contributed by atoms with van der Waals surface area (Å²) in [5.74, 6) is 0.129. The van der Waals surface area contributed by atoms with Gasteiger partial charge in [-0.15, -0.1) is 11.3 Å². The molecule has 1 unspecified atom stereocenters. The minimum atomic E-state index is 0.129. The van der Waals surface area contributed by atoms with Crippen LogP contribution >= 0.6 is 49.9 Å². The highest BCUT2D eigenvalue weighted by molar-refractivity contribution is 14.1. The average molecular weight is 476 g/mol. The fourth-order valence-corrected chi connectivity index (χ4v) is 4.73. The van der Waals surface area contributed by atoms with E-state index in [0.29, 0.717) is 0 Å². The zero-order valence-electron chi connectivity index (χ0n) is 11.6. The molecule has 1 aliphatic heterocycles. The van der Waals surface area contributed by atoms with Gasteiger partial charge in [-0.2, -0.15) is 0 Å². The van der Waals surface area contributed by atoms with Crippen molar-refractivity contribution in [3.8, 4) is 0 Å². The third-order valence-electron chi connectivity index (χ3n) is 3.90. The van der Waals surface area contributed by atoms with Crippen LogP contribution in [0.3, 0.4) is 0 Å². The summed E-state index contributed by atoms with van der Waals surface area (Å²) in [7, 11) is 0. The number of carbonyl (C=O) groups is 1. The van der Waals surface area contributed by atoms with Gasteiger partial charge in [0.1, 0.15) is 0 Å². The van der Waals surface area contributed by atoms with Crippen molar-refractivity contribution in [2.75, 3.05) is 6.54 Å². The van der Waals surface area contributed by atoms with Crippen LogP contribution < -0.4 is 0 Å². The molecule has 0 saturated carbocycles. The topological polar surface area (TPSA) is 20.3 Å². The van der Waals surface area contributed by atoms with Crippen LogP contribution in [-0.2, 0) is 6.42 Å². The number of fused-ring (bicyclic) bond motifs is 1. The first-order valence-electron chi connectivity index (χ1n) is 6.94. The van der Waals surface area contributed by atoms with E-state index in [2.05, 4.69) is 56.9 Å². The van der Waals surface area contributed by atoms with Crippen molar-refractivity contribution in [2.24, 2.45) is 0 Å². The van der Waals surface area contributed by atoms with Gasteiger partial charge < -0.3 is 4.90 Å². The van der Waals surface area contributed by atoms with E-state index >= 15 is 0 Å². The Hall–Kier alpha value is -0.400. The summed E-state index contributed by atoms with van der Waals surface area (Å²) in [5.41, 5.74) is 2.10. The molecule has 21 heavy (non-hydrogen) atoms. The number of hydrogen-bond donors (Lipinski definition) is 0. The number of thiophene rings is 1. The number of halogens is 2. The van der Waals surface area contributed by atoms with Crippen LogP contribution in [0.4, 0.5) is 0 Å². The standard InChI is InChI=1S/C16H15BrINOS/c1-2-14-11-6-8-21-15(11)5-7-19(14)16(20)12-9-10(18)3-4-13(12)17/h3-4,6,8-9,14H,2,5,7H2,1H3. The predicted octanol–water partition coefficient (Wildman–Crippen LogP) is 5.26. The van der Waals surface area contributed by atoms with Gasteiger partial charge in [0.25, 0.3) is 5.91 Å². The van der Waals surface area contributed by atoms with E-state index in [-0.39, 0.29) is 11.9 Å². The van der Waals surface area contributed by atoms with Crippen molar-refractivity contribution in [1.82, 2.24) is 4.90 Å². The molecule has 110 valence electrons. The summed E-state index contributed by atoms with van der Waals surface area (Å²) < 4.78 is 1.96. The lowest BCUT2D eigenvalue weighted by atomic mass is 9.97. The molecule has 0 bridgehead atoms. The van der Waals surface area contributed by atoms with E-state index in [9.17, 15) is 4.79 Å². The zero-order valence-corrected chi connectivity index (χ0v) is 16.2. The molecule has 0 N–H and O–H groups in total. The first kappa shape index (κ1) is 15.5. The summed E-state index contributed by atoms with van der Waals surface area (Å²) in [6.07, 6.45) is 1.92. The summed E-state index contributed by atoms with van der Waals surface area (Å²) >= 11 is 7.58. The van der Waals surface area contributed by atoms with Crippen molar-refractivity contribution in [3.05, 3.63) is 53.7 Å². The fourth-order valence-electron chi connectivity index (χ4n) is 2.90. The monoisotopic (exact) mass is 475 g/mol. The maximum Gasteiger partial charge on any atom is 0.255 e. The van der Waals surface area contributed by atoms with Crippen LogP contribution in [0.15, 0.2) is 34.1 Å². The molecular formula is C16H15BrINOS. The van der Waals surface area contributed by atoms with Gasteiger partial charge in [0.15, 0.2) is 0 Å². The van der Waals surface area contributed by atoms with Crippen molar-refractivity contribution in [3.63, 3.8) is 0 Å². The van der Waals surface area contributed by atoms with Crippen LogP contribution in [0, 0.1) is 3.57 Å². The van der Waals surface area contributed by atoms with E-state index in [1.165, 1.54) is 10.4 Å². The zero-order chi connectivity index (χ0) is 15.0. The van der Waals surface area contributed by atoms with Crippen molar-refractivity contribution < 1.29 is 4.79 Å². The molecule has 0 radical (unpaired) electrons. The molecule has 2 aromatic rings. The highest BCUT2D eigenvalue weighted by Crippen LogP contribution is 2.36. The second-order valence-corrected chi connectivity index (χ2v) is 8.20. The minimum absolute atomic E-state index is 0.129. The van der Waals surface area contributed by atoms with Crippen LogP contribution in [-0.4, -0.2) is 17.4 Å². The third kappa shape index (κ3) is 2.92. The molecule has 1 aliphatic rings. The largest absolute Gasteiger partial charge is 0.331 e. The molecular weight excluding hydrogens is 461 g/mol. The molecule has 2 nitrogen and oxygen atoms in total. The second kappa shape index (κ2) is 6.38. The van der Waals surface area contributed by atoms with E-state index < -0.39 is 0 Å². The Kier molecular flexibility index (Phi) is 4.71. The first-order chi connectivity index (χ1) is 10.1. The molecule has 0 aliphatic carbocycles. The highest BCUT2D eigenvalue weighted by atomic mass is 127. The average Bonchev–Trinajstić information content (AvgIpc) is 2.96. The first-order valence-corrected chi connectivity index (χ1v) is 9.69. The molecule has 0 fully saturated rings. The normalized spacial score (nSPS) is 17.7. The molecule has 3 rings (SSSR count). The number of nitrogens with zero attached hydrogens (tertiary/aromatic N) is 1. The molecule has 1 aromatic heterocycles. The van der Waals surface area contributed by atoms with Crippen molar-refractivity contribution in [1.29, 1.82) is 0 Å². The van der Waals surface area contributed by atoms with Crippen LogP contribution in [0.5, 0.6) is 0 Å². The van der Waals surface area contributed by atoms with Crippen molar-refractivity contribution in [2.45, 2.75) is 25.8 Å². The number of rotatable bonds is 2. The summed E-state index contributed by atoms with van der Waals surface area (Å²) in [5, 5.41) is 2.14. The van der Waals surface area contributed by atoms with E-state index in [0.717, 1.165) is 33.0 Å².